The quantitative estimate of drug-likeness (QED) is 0.874. The number of likely N-dealkylation sites (N-methyl/N-ethyl adjacent to an activating group) is 1. The summed E-state index contributed by atoms with van der Waals surface area (Å²) in [7, 11) is -2.27. The normalized spacial score (nSPS) is 12.8. The van der Waals surface area contributed by atoms with Crippen LogP contribution >= 0.6 is 0 Å². The third kappa shape index (κ3) is 4.43. The van der Waals surface area contributed by atoms with E-state index in [2.05, 4.69) is 5.32 Å². The number of nitrogens with zero attached hydrogens (tertiary/aromatic N) is 1. The minimum atomic E-state index is -3.68. The third-order valence-corrected chi connectivity index (χ3v) is 5.59. The van der Waals surface area contributed by atoms with Gasteiger partial charge < -0.3 is 5.32 Å². The molecule has 0 saturated heterocycles. The van der Waals surface area contributed by atoms with E-state index >= 15 is 0 Å². The number of carbonyl (C=O) groups excluding carboxylic acids is 1. The van der Waals surface area contributed by atoms with E-state index < -0.39 is 10.0 Å². The first-order valence-electron chi connectivity index (χ1n) is 7.68. The Morgan fingerprint density at radius 1 is 1.08 bits per heavy atom. The molecule has 0 unspecified atom stereocenters. The molecule has 0 saturated carbocycles. The largest absolute Gasteiger partial charge is 0.348 e. The molecule has 0 heterocycles. The highest BCUT2D eigenvalue weighted by molar-refractivity contribution is 7.89. The maximum absolute atomic E-state index is 12.5. The van der Waals surface area contributed by atoms with Crippen LogP contribution in [0.15, 0.2) is 59.5 Å². The van der Waals surface area contributed by atoms with Gasteiger partial charge in [0.05, 0.1) is 17.5 Å². The summed E-state index contributed by atoms with van der Waals surface area (Å²) >= 11 is 0. The Morgan fingerprint density at radius 2 is 1.67 bits per heavy atom. The number of benzene rings is 2. The van der Waals surface area contributed by atoms with Crippen molar-refractivity contribution in [3.63, 3.8) is 0 Å². The first-order valence-corrected chi connectivity index (χ1v) is 9.12. The molecule has 128 valence electrons. The van der Waals surface area contributed by atoms with Gasteiger partial charge in [-0.3, -0.25) is 4.79 Å². The van der Waals surface area contributed by atoms with Gasteiger partial charge in [-0.25, -0.2) is 8.42 Å². The lowest BCUT2D eigenvalue weighted by Crippen LogP contribution is -2.39. The molecule has 1 amide bonds. The van der Waals surface area contributed by atoms with E-state index in [9.17, 15) is 13.2 Å². The fourth-order valence-corrected chi connectivity index (χ4v) is 3.42. The van der Waals surface area contributed by atoms with Gasteiger partial charge in [0.15, 0.2) is 0 Å². The number of sulfonamides is 1. The van der Waals surface area contributed by atoms with E-state index in [-0.39, 0.29) is 23.4 Å². The fraction of sp³-hybridized carbons (Fsp3) is 0.278. The molecule has 2 rings (SSSR count). The van der Waals surface area contributed by atoms with Crippen molar-refractivity contribution in [3.05, 3.63) is 65.7 Å². The van der Waals surface area contributed by atoms with Crippen LogP contribution in [0.2, 0.25) is 0 Å². The van der Waals surface area contributed by atoms with Gasteiger partial charge in [-0.05, 0) is 31.5 Å². The molecule has 1 N–H and O–H groups in total. The maximum Gasteiger partial charge on any atom is 0.243 e. The van der Waals surface area contributed by atoms with Gasteiger partial charge >= 0.3 is 0 Å². The van der Waals surface area contributed by atoms with Crippen LogP contribution in [-0.4, -0.2) is 32.2 Å². The molecule has 0 aliphatic carbocycles. The molecule has 0 aliphatic rings. The number of nitrogens with one attached hydrogen (secondary N) is 1. The van der Waals surface area contributed by atoms with Crippen LogP contribution in [0.1, 0.15) is 24.1 Å². The molecule has 5 nitrogen and oxygen atoms in total. The zero-order valence-electron chi connectivity index (χ0n) is 14.1. The summed E-state index contributed by atoms with van der Waals surface area (Å²) in [5.41, 5.74) is 1.95. The summed E-state index contributed by atoms with van der Waals surface area (Å²) in [5, 5.41) is 2.81. The maximum atomic E-state index is 12.5. The van der Waals surface area contributed by atoms with E-state index in [1.165, 1.54) is 7.05 Å². The molecular formula is C18H22N2O3S. The second kappa shape index (κ2) is 7.59. The van der Waals surface area contributed by atoms with E-state index in [0.717, 1.165) is 15.4 Å². The monoisotopic (exact) mass is 346 g/mol. The standard InChI is InChI=1S/C18H22N2O3S/c1-14-9-11-17(12-10-14)24(22,23)20(3)13-18(21)19-15(2)16-7-5-4-6-8-16/h4-12,15H,13H2,1-3H3,(H,19,21)/t15-/m0/s1. The molecule has 2 aromatic carbocycles. The van der Waals surface area contributed by atoms with Crippen LogP contribution in [0.25, 0.3) is 0 Å². The molecule has 0 spiro atoms. The van der Waals surface area contributed by atoms with Crippen molar-refractivity contribution in [3.8, 4) is 0 Å². The fourth-order valence-electron chi connectivity index (χ4n) is 2.29. The van der Waals surface area contributed by atoms with Crippen molar-refractivity contribution in [1.82, 2.24) is 9.62 Å². The molecule has 0 radical (unpaired) electrons. The van der Waals surface area contributed by atoms with Gasteiger partial charge in [-0.1, -0.05) is 48.0 Å². The summed E-state index contributed by atoms with van der Waals surface area (Å²) in [5.74, 6) is -0.343. The molecule has 24 heavy (non-hydrogen) atoms. The summed E-state index contributed by atoms with van der Waals surface area (Å²) in [4.78, 5) is 12.3. The highest BCUT2D eigenvalue weighted by atomic mass is 32.2. The Labute approximate surface area is 143 Å². The SMILES string of the molecule is Cc1ccc(S(=O)(=O)N(C)CC(=O)N[C@@H](C)c2ccccc2)cc1. The van der Waals surface area contributed by atoms with Crippen molar-refractivity contribution in [2.24, 2.45) is 0 Å². The van der Waals surface area contributed by atoms with Crippen LogP contribution in [0, 0.1) is 6.92 Å². The van der Waals surface area contributed by atoms with E-state index in [1.807, 2.05) is 44.2 Å². The van der Waals surface area contributed by atoms with Crippen LogP contribution in [-0.2, 0) is 14.8 Å². The lowest BCUT2D eigenvalue weighted by atomic mass is 10.1. The Morgan fingerprint density at radius 3 is 2.25 bits per heavy atom. The van der Waals surface area contributed by atoms with Crippen LogP contribution in [0.3, 0.4) is 0 Å². The highest BCUT2D eigenvalue weighted by Crippen LogP contribution is 2.15. The van der Waals surface area contributed by atoms with Crippen molar-refractivity contribution in [1.29, 1.82) is 0 Å². The second-order valence-electron chi connectivity index (χ2n) is 5.77. The minimum Gasteiger partial charge on any atom is -0.348 e. The summed E-state index contributed by atoms with van der Waals surface area (Å²) in [6, 6.07) is 15.9. The van der Waals surface area contributed by atoms with E-state index in [4.69, 9.17) is 0 Å². The second-order valence-corrected chi connectivity index (χ2v) is 7.82. The van der Waals surface area contributed by atoms with Gasteiger partial charge in [0.1, 0.15) is 0 Å². The lowest BCUT2D eigenvalue weighted by Gasteiger charge is -2.19. The predicted octanol–water partition coefficient (Wildman–Crippen LogP) is 2.49. The van der Waals surface area contributed by atoms with E-state index in [1.54, 1.807) is 24.3 Å². The Bertz CT molecular complexity index is 787. The van der Waals surface area contributed by atoms with Crippen LogP contribution in [0.5, 0.6) is 0 Å². The van der Waals surface area contributed by atoms with Gasteiger partial charge in [0, 0.05) is 7.05 Å². The van der Waals surface area contributed by atoms with Crippen molar-refractivity contribution in [2.45, 2.75) is 24.8 Å². The number of hydrogen-bond acceptors (Lipinski definition) is 3. The zero-order chi connectivity index (χ0) is 17.7. The number of aryl methyl sites for hydroxylation is 1. The number of hydrogen-bond donors (Lipinski definition) is 1. The predicted molar refractivity (Wildman–Crippen MR) is 94.0 cm³/mol. The highest BCUT2D eigenvalue weighted by Gasteiger charge is 2.23. The molecule has 0 bridgehead atoms. The molecule has 0 aromatic heterocycles. The Hall–Kier alpha value is -2.18. The lowest BCUT2D eigenvalue weighted by molar-refractivity contribution is -0.121. The van der Waals surface area contributed by atoms with Crippen LogP contribution < -0.4 is 5.32 Å². The van der Waals surface area contributed by atoms with Gasteiger partial charge in [-0.15, -0.1) is 0 Å². The molecule has 6 heteroatoms. The van der Waals surface area contributed by atoms with Gasteiger partial charge in [-0.2, -0.15) is 4.31 Å². The number of carbonyl (C=O) groups is 1. The topological polar surface area (TPSA) is 66.5 Å². The summed E-state index contributed by atoms with van der Waals surface area (Å²) in [6.45, 7) is 3.52. The Kier molecular flexibility index (Phi) is 5.75. The van der Waals surface area contributed by atoms with E-state index in [0.29, 0.717) is 0 Å². The number of amides is 1. The molecule has 0 fully saturated rings. The Balaban J connectivity index is 2.01. The number of rotatable bonds is 6. The van der Waals surface area contributed by atoms with Crippen LogP contribution in [0.4, 0.5) is 0 Å². The smallest absolute Gasteiger partial charge is 0.243 e. The van der Waals surface area contributed by atoms with Gasteiger partial charge in [0.2, 0.25) is 15.9 Å². The molecule has 0 aliphatic heterocycles. The summed E-state index contributed by atoms with van der Waals surface area (Å²) < 4.78 is 26.0. The first-order chi connectivity index (χ1) is 11.3. The molecular weight excluding hydrogens is 324 g/mol. The van der Waals surface area contributed by atoms with Crippen molar-refractivity contribution >= 4 is 15.9 Å². The zero-order valence-corrected chi connectivity index (χ0v) is 14.9. The first kappa shape index (κ1) is 18.2. The average Bonchev–Trinajstić information content (AvgIpc) is 2.55. The molecule has 1 atom stereocenters. The van der Waals surface area contributed by atoms with Gasteiger partial charge in [0.25, 0.3) is 0 Å². The minimum absolute atomic E-state index is 0.180. The average molecular weight is 346 g/mol. The van der Waals surface area contributed by atoms with Crippen molar-refractivity contribution in [2.75, 3.05) is 13.6 Å². The molecule has 2 aromatic rings. The summed E-state index contributed by atoms with van der Waals surface area (Å²) in [6.07, 6.45) is 0. The third-order valence-electron chi connectivity index (χ3n) is 3.77. The van der Waals surface area contributed by atoms with Crippen molar-refractivity contribution < 1.29 is 13.2 Å².